The van der Waals surface area contributed by atoms with Gasteiger partial charge in [0.15, 0.2) is 0 Å². The molecule has 1 aliphatic carbocycles. The number of hydrogen-bond donors (Lipinski definition) is 1. The van der Waals surface area contributed by atoms with Crippen LogP contribution in [0.3, 0.4) is 0 Å². The summed E-state index contributed by atoms with van der Waals surface area (Å²) in [6.45, 7) is 0. The van der Waals surface area contributed by atoms with E-state index in [9.17, 15) is 8.42 Å². The fourth-order valence-corrected chi connectivity index (χ4v) is 3.03. The van der Waals surface area contributed by atoms with Gasteiger partial charge in [0.05, 0.1) is 5.75 Å². The highest BCUT2D eigenvalue weighted by Crippen LogP contribution is 2.27. The summed E-state index contributed by atoms with van der Waals surface area (Å²) in [5.41, 5.74) is 0. The molecule has 1 rings (SSSR count). The Balaban J connectivity index is 2.41. The van der Waals surface area contributed by atoms with Gasteiger partial charge in [0, 0.05) is 12.3 Å². The van der Waals surface area contributed by atoms with Crippen LogP contribution in [0.2, 0.25) is 0 Å². The second-order valence-electron chi connectivity index (χ2n) is 4.36. The van der Waals surface area contributed by atoms with Crippen LogP contribution < -0.4 is 5.32 Å². The molecule has 0 aromatic carbocycles. The van der Waals surface area contributed by atoms with Crippen molar-refractivity contribution in [3.05, 3.63) is 0 Å². The molecule has 0 bridgehead atoms. The van der Waals surface area contributed by atoms with E-state index in [0.29, 0.717) is 17.7 Å². The first-order valence-corrected chi connectivity index (χ1v) is 7.44. The molecule has 0 heterocycles. The van der Waals surface area contributed by atoms with Gasteiger partial charge in [0.1, 0.15) is 9.84 Å². The van der Waals surface area contributed by atoms with Crippen molar-refractivity contribution in [1.82, 2.24) is 5.32 Å². The molecule has 4 heteroatoms. The van der Waals surface area contributed by atoms with Crippen LogP contribution in [-0.2, 0) is 9.84 Å². The molecule has 0 radical (unpaired) electrons. The lowest BCUT2D eigenvalue weighted by Gasteiger charge is -2.31. The molecule has 84 valence electrons. The van der Waals surface area contributed by atoms with E-state index in [-0.39, 0.29) is 0 Å². The summed E-state index contributed by atoms with van der Waals surface area (Å²) in [6, 6.07) is 0.533. The predicted molar refractivity (Wildman–Crippen MR) is 59.1 cm³/mol. The van der Waals surface area contributed by atoms with Gasteiger partial charge in [-0.3, -0.25) is 0 Å². The standard InChI is InChI=1S/C10H21NO2S/c1-11-10-6-4-3-5-9(10)7-8-14(2,12)13/h9-11H,3-8H2,1-2H3. The minimum atomic E-state index is -2.78. The third-order valence-electron chi connectivity index (χ3n) is 3.14. The highest BCUT2D eigenvalue weighted by atomic mass is 32.2. The van der Waals surface area contributed by atoms with E-state index < -0.39 is 9.84 Å². The molecule has 1 saturated carbocycles. The smallest absolute Gasteiger partial charge is 0.147 e. The molecule has 2 unspecified atom stereocenters. The number of nitrogens with one attached hydrogen (secondary N) is 1. The monoisotopic (exact) mass is 219 g/mol. The maximum absolute atomic E-state index is 11.0. The summed E-state index contributed by atoms with van der Waals surface area (Å²) < 4.78 is 22.1. The van der Waals surface area contributed by atoms with Crippen LogP contribution in [0.5, 0.6) is 0 Å². The van der Waals surface area contributed by atoms with E-state index in [1.54, 1.807) is 0 Å². The van der Waals surface area contributed by atoms with Gasteiger partial charge in [-0.25, -0.2) is 8.42 Å². The molecule has 3 nitrogen and oxygen atoms in total. The van der Waals surface area contributed by atoms with Gasteiger partial charge in [-0.05, 0) is 32.2 Å². The van der Waals surface area contributed by atoms with Crippen molar-refractivity contribution in [2.24, 2.45) is 5.92 Å². The predicted octanol–water partition coefficient (Wildman–Crippen LogP) is 1.20. The van der Waals surface area contributed by atoms with Crippen LogP contribution in [0.25, 0.3) is 0 Å². The largest absolute Gasteiger partial charge is 0.317 e. The molecule has 0 spiro atoms. The van der Waals surface area contributed by atoms with Gasteiger partial charge in [0.2, 0.25) is 0 Å². The maximum Gasteiger partial charge on any atom is 0.147 e. The van der Waals surface area contributed by atoms with Crippen molar-refractivity contribution in [3.63, 3.8) is 0 Å². The van der Waals surface area contributed by atoms with Gasteiger partial charge in [-0.15, -0.1) is 0 Å². The van der Waals surface area contributed by atoms with E-state index >= 15 is 0 Å². The van der Waals surface area contributed by atoms with E-state index in [2.05, 4.69) is 5.32 Å². The van der Waals surface area contributed by atoms with Crippen molar-refractivity contribution in [2.45, 2.75) is 38.1 Å². The molecule has 0 aromatic rings. The molecular formula is C10H21NO2S. The molecular weight excluding hydrogens is 198 g/mol. The highest BCUT2D eigenvalue weighted by Gasteiger charge is 2.24. The van der Waals surface area contributed by atoms with Gasteiger partial charge < -0.3 is 5.32 Å². The van der Waals surface area contributed by atoms with Crippen LogP contribution in [0.15, 0.2) is 0 Å². The number of sulfone groups is 1. The Morgan fingerprint density at radius 1 is 1.29 bits per heavy atom. The SMILES string of the molecule is CNC1CCCCC1CCS(C)(=O)=O. The van der Waals surface area contributed by atoms with Gasteiger partial charge >= 0.3 is 0 Å². The van der Waals surface area contributed by atoms with Crippen LogP contribution in [0, 0.1) is 5.92 Å². The van der Waals surface area contributed by atoms with Crippen LogP contribution in [0.1, 0.15) is 32.1 Å². The van der Waals surface area contributed by atoms with Gasteiger partial charge in [0.25, 0.3) is 0 Å². The fraction of sp³-hybridized carbons (Fsp3) is 1.00. The van der Waals surface area contributed by atoms with Crippen molar-refractivity contribution < 1.29 is 8.42 Å². The third-order valence-corrected chi connectivity index (χ3v) is 4.12. The van der Waals surface area contributed by atoms with E-state index in [4.69, 9.17) is 0 Å². The molecule has 0 aliphatic heterocycles. The summed E-state index contributed by atoms with van der Waals surface area (Å²) in [5, 5.41) is 3.30. The van der Waals surface area contributed by atoms with Crippen molar-refractivity contribution in [1.29, 1.82) is 0 Å². The summed E-state index contributed by atoms with van der Waals surface area (Å²) in [5.74, 6) is 0.902. The quantitative estimate of drug-likeness (QED) is 0.773. The summed E-state index contributed by atoms with van der Waals surface area (Å²) in [4.78, 5) is 0. The molecule has 2 atom stereocenters. The van der Waals surface area contributed by atoms with Crippen molar-refractivity contribution >= 4 is 9.84 Å². The van der Waals surface area contributed by atoms with Gasteiger partial charge in [-0.2, -0.15) is 0 Å². The molecule has 1 N–H and O–H groups in total. The normalized spacial score (nSPS) is 29.0. The van der Waals surface area contributed by atoms with Gasteiger partial charge in [-0.1, -0.05) is 12.8 Å². The molecule has 14 heavy (non-hydrogen) atoms. The first-order chi connectivity index (χ1) is 6.53. The van der Waals surface area contributed by atoms with Crippen LogP contribution >= 0.6 is 0 Å². The Kier molecular flexibility index (Phi) is 4.38. The Labute approximate surface area is 87.2 Å². The summed E-state index contributed by atoms with van der Waals surface area (Å²) >= 11 is 0. The Hall–Kier alpha value is -0.0900. The molecule has 0 aromatic heterocycles. The molecule has 1 fully saturated rings. The highest BCUT2D eigenvalue weighted by molar-refractivity contribution is 7.90. The number of rotatable bonds is 4. The minimum Gasteiger partial charge on any atom is -0.317 e. The Morgan fingerprint density at radius 2 is 1.93 bits per heavy atom. The fourth-order valence-electron chi connectivity index (χ4n) is 2.30. The lowest BCUT2D eigenvalue weighted by atomic mass is 9.83. The second-order valence-corrected chi connectivity index (χ2v) is 6.62. The average molecular weight is 219 g/mol. The van der Waals surface area contributed by atoms with Crippen LogP contribution in [-0.4, -0.2) is 33.5 Å². The zero-order valence-corrected chi connectivity index (χ0v) is 9.94. The van der Waals surface area contributed by atoms with Crippen LogP contribution in [0.4, 0.5) is 0 Å². The summed E-state index contributed by atoms with van der Waals surface area (Å²) in [7, 11) is -0.807. The average Bonchev–Trinajstić information content (AvgIpc) is 2.14. The topological polar surface area (TPSA) is 46.2 Å². The molecule has 0 saturated heterocycles. The van der Waals surface area contributed by atoms with Crippen molar-refractivity contribution in [3.8, 4) is 0 Å². The second kappa shape index (κ2) is 5.12. The van der Waals surface area contributed by atoms with E-state index in [1.807, 2.05) is 7.05 Å². The lowest BCUT2D eigenvalue weighted by Crippen LogP contribution is -2.36. The molecule has 1 aliphatic rings. The van der Waals surface area contributed by atoms with E-state index in [1.165, 1.54) is 31.9 Å². The lowest BCUT2D eigenvalue weighted by molar-refractivity contribution is 0.268. The summed E-state index contributed by atoms with van der Waals surface area (Å²) in [6.07, 6.45) is 7.06. The first kappa shape index (κ1) is 12.0. The zero-order chi connectivity index (χ0) is 10.6. The van der Waals surface area contributed by atoms with E-state index in [0.717, 1.165) is 6.42 Å². The Bertz CT molecular complexity index is 261. The first-order valence-electron chi connectivity index (χ1n) is 5.38. The van der Waals surface area contributed by atoms with Crippen molar-refractivity contribution in [2.75, 3.05) is 19.1 Å². The maximum atomic E-state index is 11.0. The zero-order valence-electron chi connectivity index (χ0n) is 9.12. The molecule has 0 amide bonds. The third kappa shape index (κ3) is 3.96. The Morgan fingerprint density at radius 3 is 2.50 bits per heavy atom. The number of hydrogen-bond acceptors (Lipinski definition) is 3. The minimum absolute atomic E-state index is 0.343.